The molecule has 1 heterocycles. The fourth-order valence-electron chi connectivity index (χ4n) is 2.49. The Morgan fingerprint density at radius 3 is 2.89 bits per heavy atom. The molecule has 4 nitrogen and oxygen atoms in total. The van der Waals surface area contributed by atoms with E-state index < -0.39 is 6.04 Å². The number of carbonyl (C=O) groups excluding carboxylic acids is 1. The van der Waals surface area contributed by atoms with Crippen LogP contribution in [0.15, 0.2) is 30.3 Å². The van der Waals surface area contributed by atoms with Gasteiger partial charge in [0.15, 0.2) is 0 Å². The second-order valence-corrected chi connectivity index (χ2v) is 4.88. The summed E-state index contributed by atoms with van der Waals surface area (Å²) in [5.74, 6) is 0.599. The molecule has 1 aromatic carbocycles. The number of amides is 1. The zero-order valence-corrected chi connectivity index (χ0v) is 10.8. The monoisotopic (exact) mass is 247 g/mol. The molecule has 0 unspecified atom stereocenters. The molecule has 1 aromatic rings. The summed E-state index contributed by atoms with van der Waals surface area (Å²) in [5, 5.41) is 3.16. The van der Waals surface area contributed by atoms with Crippen LogP contribution in [0.3, 0.4) is 0 Å². The van der Waals surface area contributed by atoms with Gasteiger partial charge in [0.05, 0.1) is 0 Å². The highest BCUT2D eigenvalue weighted by Crippen LogP contribution is 2.20. The van der Waals surface area contributed by atoms with Crippen molar-refractivity contribution < 1.29 is 4.79 Å². The molecule has 2 atom stereocenters. The van der Waals surface area contributed by atoms with Gasteiger partial charge in [-0.15, -0.1) is 0 Å². The Kier molecular flexibility index (Phi) is 4.33. The number of nitrogens with zero attached hydrogens (tertiary/aromatic N) is 1. The minimum Gasteiger partial charge on any atom is -0.341 e. The molecule has 18 heavy (non-hydrogen) atoms. The van der Waals surface area contributed by atoms with Crippen molar-refractivity contribution in [2.45, 2.75) is 12.5 Å². The molecule has 98 valence electrons. The number of likely N-dealkylation sites (tertiary alicyclic amines) is 1. The molecule has 1 aliphatic rings. The highest BCUT2D eigenvalue weighted by Gasteiger charge is 2.29. The van der Waals surface area contributed by atoms with Gasteiger partial charge in [-0.05, 0) is 31.5 Å². The molecule has 0 spiro atoms. The van der Waals surface area contributed by atoms with E-state index in [4.69, 9.17) is 5.73 Å². The summed E-state index contributed by atoms with van der Waals surface area (Å²) < 4.78 is 0. The Hall–Kier alpha value is -1.39. The summed E-state index contributed by atoms with van der Waals surface area (Å²) in [6.45, 7) is 2.61. The van der Waals surface area contributed by atoms with E-state index in [9.17, 15) is 4.79 Å². The molecule has 0 saturated carbocycles. The van der Waals surface area contributed by atoms with E-state index >= 15 is 0 Å². The molecular formula is C14H21N3O. The highest BCUT2D eigenvalue weighted by atomic mass is 16.2. The van der Waals surface area contributed by atoms with E-state index in [2.05, 4.69) is 5.32 Å². The number of carbonyl (C=O) groups is 1. The van der Waals surface area contributed by atoms with Crippen LogP contribution in [0, 0.1) is 5.92 Å². The average Bonchev–Trinajstić information content (AvgIpc) is 2.87. The molecule has 1 amide bonds. The SMILES string of the molecule is CNC[C@@H]1CCN(C(=O)[C@@H](N)c2ccccc2)C1. The summed E-state index contributed by atoms with van der Waals surface area (Å²) in [5.41, 5.74) is 6.92. The number of rotatable bonds is 4. The molecule has 2 rings (SSSR count). The van der Waals surface area contributed by atoms with Crippen molar-refractivity contribution in [3.63, 3.8) is 0 Å². The maximum atomic E-state index is 12.3. The molecular weight excluding hydrogens is 226 g/mol. The van der Waals surface area contributed by atoms with Gasteiger partial charge in [0.2, 0.25) is 5.91 Å². The summed E-state index contributed by atoms with van der Waals surface area (Å²) in [4.78, 5) is 14.2. The van der Waals surface area contributed by atoms with Gasteiger partial charge in [-0.25, -0.2) is 0 Å². The van der Waals surface area contributed by atoms with Crippen molar-refractivity contribution in [3.05, 3.63) is 35.9 Å². The van der Waals surface area contributed by atoms with Crippen molar-refractivity contribution in [2.24, 2.45) is 11.7 Å². The third-order valence-electron chi connectivity index (χ3n) is 3.52. The molecule has 0 bridgehead atoms. The molecule has 1 saturated heterocycles. The molecule has 1 fully saturated rings. The summed E-state index contributed by atoms with van der Waals surface area (Å²) in [7, 11) is 1.94. The predicted octanol–water partition coefficient (Wildman–Crippen LogP) is 0.754. The number of benzene rings is 1. The van der Waals surface area contributed by atoms with Crippen LogP contribution in [-0.4, -0.2) is 37.5 Å². The zero-order valence-electron chi connectivity index (χ0n) is 10.8. The lowest BCUT2D eigenvalue weighted by Crippen LogP contribution is -2.37. The van der Waals surface area contributed by atoms with Crippen LogP contribution in [0.5, 0.6) is 0 Å². The van der Waals surface area contributed by atoms with Crippen molar-refractivity contribution >= 4 is 5.91 Å². The summed E-state index contributed by atoms with van der Waals surface area (Å²) >= 11 is 0. The van der Waals surface area contributed by atoms with Crippen LogP contribution < -0.4 is 11.1 Å². The van der Waals surface area contributed by atoms with Crippen molar-refractivity contribution in [3.8, 4) is 0 Å². The lowest BCUT2D eigenvalue weighted by atomic mass is 10.1. The largest absolute Gasteiger partial charge is 0.341 e. The second kappa shape index (κ2) is 5.98. The first-order chi connectivity index (χ1) is 8.72. The minimum absolute atomic E-state index is 0.0415. The number of hydrogen-bond donors (Lipinski definition) is 2. The smallest absolute Gasteiger partial charge is 0.244 e. The quantitative estimate of drug-likeness (QED) is 0.825. The van der Waals surface area contributed by atoms with Gasteiger partial charge in [0.25, 0.3) is 0 Å². The molecule has 1 aliphatic heterocycles. The van der Waals surface area contributed by atoms with E-state index in [1.54, 1.807) is 0 Å². The van der Waals surface area contributed by atoms with E-state index in [-0.39, 0.29) is 5.91 Å². The van der Waals surface area contributed by atoms with Gasteiger partial charge in [0.1, 0.15) is 6.04 Å². The first-order valence-electron chi connectivity index (χ1n) is 6.46. The molecule has 3 N–H and O–H groups in total. The molecule has 0 aromatic heterocycles. The summed E-state index contributed by atoms with van der Waals surface area (Å²) in [6.07, 6.45) is 1.06. The summed E-state index contributed by atoms with van der Waals surface area (Å²) in [6, 6.07) is 9.04. The van der Waals surface area contributed by atoms with Crippen molar-refractivity contribution in [1.82, 2.24) is 10.2 Å². The molecule has 0 aliphatic carbocycles. The minimum atomic E-state index is -0.528. The Morgan fingerprint density at radius 1 is 1.50 bits per heavy atom. The van der Waals surface area contributed by atoms with E-state index in [1.807, 2.05) is 42.3 Å². The van der Waals surface area contributed by atoms with Crippen LogP contribution in [0.25, 0.3) is 0 Å². The van der Waals surface area contributed by atoms with Gasteiger partial charge in [-0.2, -0.15) is 0 Å². The van der Waals surface area contributed by atoms with Gasteiger partial charge in [0, 0.05) is 13.1 Å². The van der Waals surface area contributed by atoms with Gasteiger partial charge in [-0.3, -0.25) is 4.79 Å². The normalized spacial score (nSPS) is 21.0. The average molecular weight is 247 g/mol. The third-order valence-corrected chi connectivity index (χ3v) is 3.52. The maximum Gasteiger partial charge on any atom is 0.244 e. The third kappa shape index (κ3) is 2.89. The topological polar surface area (TPSA) is 58.4 Å². The Morgan fingerprint density at radius 2 is 2.22 bits per heavy atom. The van der Waals surface area contributed by atoms with Gasteiger partial charge >= 0.3 is 0 Å². The molecule has 4 heteroatoms. The lowest BCUT2D eigenvalue weighted by molar-refractivity contribution is -0.131. The predicted molar refractivity (Wildman–Crippen MR) is 72.0 cm³/mol. The van der Waals surface area contributed by atoms with Crippen molar-refractivity contribution in [1.29, 1.82) is 0 Å². The van der Waals surface area contributed by atoms with Crippen LogP contribution in [0.2, 0.25) is 0 Å². The Labute approximate surface area is 108 Å². The van der Waals surface area contributed by atoms with E-state index in [1.165, 1.54) is 0 Å². The lowest BCUT2D eigenvalue weighted by Gasteiger charge is -2.21. The standard InChI is InChI=1S/C14H21N3O/c1-16-9-11-7-8-17(10-11)14(18)13(15)12-5-3-2-4-6-12/h2-6,11,13,16H,7-10,15H2,1H3/t11-,13-/m0/s1. The first-order valence-corrected chi connectivity index (χ1v) is 6.46. The van der Waals surface area contributed by atoms with E-state index in [0.717, 1.165) is 31.6 Å². The van der Waals surface area contributed by atoms with Crippen LogP contribution in [0.4, 0.5) is 0 Å². The zero-order chi connectivity index (χ0) is 13.0. The number of nitrogens with two attached hydrogens (primary N) is 1. The highest BCUT2D eigenvalue weighted by molar-refractivity contribution is 5.83. The van der Waals surface area contributed by atoms with Crippen LogP contribution >= 0.6 is 0 Å². The van der Waals surface area contributed by atoms with Crippen LogP contribution in [-0.2, 0) is 4.79 Å². The van der Waals surface area contributed by atoms with Gasteiger partial charge in [-0.1, -0.05) is 30.3 Å². The van der Waals surface area contributed by atoms with E-state index in [0.29, 0.717) is 5.92 Å². The fourth-order valence-corrected chi connectivity index (χ4v) is 2.49. The maximum absolute atomic E-state index is 12.3. The Balaban J connectivity index is 1.96. The first kappa shape index (κ1) is 13.1. The number of nitrogens with one attached hydrogen (secondary N) is 1. The van der Waals surface area contributed by atoms with Crippen LogP contribution in [0.1, 0.15) is 18.0 Å². The second-order valence-electron chi connectivity index (χ2n) is 4.88. The van der Waals surface area contributed by atoms with Gasteiger partial charge < -0.3 is 16.0 Å². The molecule has 0 radical (unpaired) electrons. The number of hydrogen-bond acceptors (Lipinski definition) is 3. The Bertz CT molecular complexity index is 393. The fraction of sp³-hybridized carbons (Fsp3) is 0.500. The van der Waals surface area contributed by atoms with Crippen molar-refractivity contribution in [2.75, 3.05) is 26.7 Å².